The molecular weight excluding hydrogens is 186 g/mol. The molecule has 2 heteroatoms. The van der Waals surface area contributed by atoms with E-state index in [1.54, 1.807) is 7.11 Å². The van der Waals surface area contributed by atoms with Crippen molar-refractivity contribution in [1.29, 1.82) is 0 Å². The van der Waals surface area contributed by atoms with Crippen LogP contribution >= 0.6 is 0 Å². The lowest BCUT2D eigenvalue weighted by Crippen LogP contribution is -2.19. The van der Waals surface area contributed by atoms with Crippen LogP contribution in [0.3, 0.4) is 0 Å². The fraction of sp³-hybridized carbons (Fsp3) is 0.462. The summed E-state index contributed by atoms with van der Waals surface area (Å²) >= 11 is 0. The minimum absolute atomic E-state index is 0.159. The summed E-state index contributed by atoms with van der Waals surface area (Å²) < 4.78 is 5.19. The number of nitrogens with zero attached hydrogens (tertiary/aromatic N) is 1. The van der Waals surface area contributed by atoms with E-state index >= 15 is 0 Å². The van der Waals surface area contributed by atoms with E-state index < -0.39 is 0 Å². The molecule has 0 amide bonds. The van der Waals surface area contributed by atoms with Crippen molar-refractivity contribution < 1.29 is 4.74 Å². The highest BCUT2D eigenvalue weighted by molar-refractivity contribution is 5.97. The first-order chi connectivity index (χ1) is 7.00. The van der Waals surface area contributed by atoms with Gasteiger partial charge in [0.25, 0.3) is 0 Å². The Morgan fingerprint density at radius 2 is 2.00 bits per heavy atom. The largest absolute Gasteiger partial charge is 0.497 e. The summed E-state index contributed by atoms with van der Waals surface area (Å²) in [5.41, 5.74) is 3.79. The van der Waals surface area contributed by atoms with Gasteiger partial charge in [-0.1, -0.05) is 26.8 Å². The Hall–Kier alpha value is -1.31. The molecule has 0 fully saturated rings. The van der Waals surface area contributed by atoms with Crippen molar-refractivity contribution in [2.75, 3.05) is 7.11 Å². The maximum absolute atomic E-state index is 5.19. The summed E-state index contributed by atoms with van der Waals surface area (Å²) in [5.74, 6) is 0.882. The van der Waals surface area contributed by atoms with Crippen LogP contribution in [0.15, 0.2) is 23.2 Å². The van der Waals surface area contributed by atoms with Crippen LogP contribution in [0.1, 0.15) is 26.3 Å². The molecule has 0 radical (unpaired) electrons. The Morgan fingerprint density at radius 1 is 1.27 bits per heavy atom. The first-order valence-corrected chi connectivity index (χ1v) is 5.25. The van der Waals surface area contributed by atoms with Gasteiger partial charge in [0.15, 0.2) is 0 Å². The van der Waals surface area contributed by atoms with E-state index in [4.69, 9.17) is 4.74 Å². The highest BCUT2D eigenvalue weighted by Gasteiger charge is 2.24. The van der Waals surface area contributed by atoms with Gasteiger partial charge < -0.3 is 4.74 Å². The molecule has 0 saturated heterocycles. The molecule has 0 unspecified atom stereocenters. The van der Waals surface area contributed by atoms with E-state index in [0.29, 0.717) is 0 Å². The van der Waals surface area contributed by atoms with Crippen LogP contribution < -0.4 is 4.74 Å². The van der Waals surface area contributed by atoms with E-state index in [0.717, 1.165) is 17.9 Å². The van der Waals surface area contributed by atoms with Gasteiger partial charge in [-0.3, -0.25) is 4.99 Å². The quantitative estimate of drug-likeness (QED) is 0.685. The smallest absolute Gasteiger partial charge is 0.121 e. The number of rotatable bonds is 1. The molecule has 15 heavy (non-hydrogen) atoms. The summed E-state index contributed by atoms with van der Waals surface area (Å²) in [7, 11) is 1.69. The van der Waals surface area contributed by atoms with Crippen LogP contribution in [0.25, 0.3) is 0 Å². The van der Waals surface area contributed by atoms with Crippen molar-refractivity contribution in [2.24, 2.45) is 10.4 Å². The Kier molecular flexibility index (Phi) is 2.29. The molecule has 1 aromatic carbocycles. The van der Waals surface area contributed by atoms with Crippen molar-refractivity contribution in [3.05, 3.63) is 23.8 Å². The zero-order valence-corrected chi connectivity index (χ0v) is 9.79. The van der Waals surface area contributed by atoms with Crippen LogP contribution in [0.4, 0.5) is 5.69 Å². The summed E-state index contributed by atoms with van der Waals surface area (Å²) in [4.78, 5) is 4.67. The predicted molar refractivity (Wildman–Crippen MR) is 63.2 cm³/mol. The van der Waals surface area contributed by atoms with Gasteiger partial charge in [0.2, 0.25) is 0 Å². The number of ether oxygens (including phenoxy) is 1. The lowest BCUT2D eigenvalue weighted by molar-refractivity contribution is 0.415. The second-order valence-corrected chi connectivity index (χ2v) is 4.98. The third-order valence-electron chi connectivity index (χ3n) is 2.77. The average molecular weight is 203 g/mol. The van der Waals surface area contributed by atoms with E-state index in [2.05, 4.69) is 31.8 Å². The van der Waals surface area contributed by atoms with Crippen LogP contribution in [-0.2, 0) is 6.42 Å². The molecule has 1 aliphatic heterocycles. The summed E-state index contributed by atoms with van der Waals surface area (Å²) in [5, 5.41) is 0. The van der Waals surface area contributed by atoms with Gasteiger partial charge in [0.05, 0.1) is 12.8 Å². The van der Waals surface area contributed by atoms with Gasteiger partial charge in [0.1, 0.15) is 5.75 Å². The van der Waals surface area contributed by atoms with E-state index in [1.165, 1.54) is 11.3 Å². The lowest BCUT2D eigenvalue weighted by Gasteiger charge is -2.17. The number of methoxy groups -OCH3 is 1. The topological polar surface area (TPSA) is 21.6 Å². The second-order valence-electron chi connectivity index (χ2n) is 4.98. The van der Waals surface area contributed by atoms with Gasteiger partial charge >= 0.3 is 0 Å². The fourth-order valence-corrected chi connectivity index (χ4v) is 1.72. The third-order valence-corrected chi connectivity index (χ3v) is 2.77. The molecule has 0 atom stereocenters. The first kappa shape index (κ1) is 10.2. The Morgan fingerprint density at radius 3 is 2.60 bits per heavy atom. The Bertz CT molecular complexity index is 413. The number of aliphatic imine (C=N–C) groups is 1. The third kappa shape index (κ3) is 1.89. The summed E-state index contributed by atoms with van der Waals surface area (Å²) in [6.07, 6.45) is 0.975. The maximum atomic E-state index is 5.19. The monoisotopic (exact) mass is 203 g/mol. The van der Waals surface area contributed by atoms with Gasteiger partial charge in [-0.05, 0) is 11.6 Å². The van der Waals surface area contributed by atoms with Gasteiger partial charge in [-0.15, -0.1) is 0 Å². The van der Waals surface area contributed by atoms with E-state index in [1.807, 2.05) is 12.1 Å². The molecule has 2 nitrogen and oxygen atoms in total. The molecule has 80 valence electrons. The molecule has 0 aliphatic carbocycles. The molecule has 1 aliphatic rings. The summed E-state index contributed by atoms with van der Waals surface area (Å²) in [6, 6.07) is 6.12. The molecule has 1 aromatic rings. The molecular formula is C13H17NO. The SMILES string of the molecule is COc1ccc2c(c1)N=C(C(C)(C)C)C2. The molecule has 0 bridgehead atoms. The average Bonchev–Trinajstić information content (AvgIpc) is 2.59. The molecule has 0 saturated carbocycles. The van der Waals surface area contributed by atoms with Crippen molar-refractivity contribution in [3.63, 3.8) is 0 Å². The van der Waals surface area contributed by atoms with E-state index in [9.17, 15) is 0 Å². The van der Waals surface area contributed by atoms with Gasteiger partial charge in [-0.2, -0.15) is 0 Å². The van der Waals surface area contributed by atoms with Crippen LogP contribution in [0, 0.1) is 5.41 Å². The molecule has 0 aromatic heterocycles. The number of benzene rings is 1. The Balaban J connectivity index is 2.36. The Labute approximate surface area is 91.0 Å². The van der Waals surface area contributed by atoms with Gasteiger partial charge in [0, 0.05) is 23.6 Å². The second kappa shape index (κ2) is 3.37. The molecule has 0 spiro atoms. The highest BCUT2D eigenvalue weighted by atomic mass is 16.5. The normalized spacial score (nSPS) is 14.8. The van der Waals surface area contributed by atoms with Crippen LogP contribution in [0.2, 0.25) is 0 Å². The molecule has 1 heterocycles. The number of fused-ring (bicyclic) bond motifs is 1. The minimum atomic E-state index is 0.159. The standard InChI is InChI=1S/C13H17NO/c1-13(2,3)12-7-9-5-6-10(15-4)8-11(9)14-12/h5-6,8H,7H2,1-4H3. The zero-order valence-electron chi connectivity index (χ0n) is 9.79. The van der Waals surface area contributed by atoms with Crippen molar-refractivity contribution in [2.45, 2.75) is 27.2 Å². The van der Waals surface area contributed by atoms with Crippen LogP contribution in [0.5, 0.6) is 5.75 Å². The fourth-order valence-electron chi connectivity index (χ4n) is 1.72. The number of hydrogen-bond donors (Lipinski definition) is 0. The first-order valence-electron chi connectivity index (χ1n) is 5.25. The lowest BCUT2D eigenvalue weighted by atomic mass is 9.87. The molecule has 0 N–H and O–H groups in total. The van der Waals surface area contributed by atoms with E-state index in [-0.39, 0.29) is 5.41 Å². The maximum Gasteiger partial charge on any atom is 0.121 e. The van der Waals surface area contributed by atoms with Gasteiger partial charge in [-0.25, -0.2) is 0 Å². The summed E-state index contributed by atoms with van der Waals surface area (Å²) in [6.45, 7) is 6.61. The van der Waals surface area contributed by atoms with Crippen LogP contribution in [-0.4, -0.2) is 12.8 Å². The minimum Gasteiger partial charge on any atom is -0.497 e. The van der Waals surface area contributed by atoms with Crippen molar-refractivity contribution in [1.82, 2.24) is 0 Å². The van der Waals surface area contributed by atoms with Crippen molar-refractivity contribution >= 4 is 11.4 Å². The zero-order chi connectivity index (χ0) is 11.1. The predicted octanol–water partition coefficient (Wildman–Crippen LogP) is 3.37. The highest BCUT2D eigenvalue weighted by Crippen LogP contribution is 2.35. The van der Waals surface area contributed by atoms with Crippen molar-refractivity contribution in [3.8, 4) is 5.75 Å². The molecule has 2 rings (SSSR count). The number of hydrogen-bond acceptors (Lipinski definition) is 2.